The summed E-state index contributed by atoms with van der Waals surface area (Å²) in [7, 11) is 0. The van der Waals surface area contributed by atoms with Crippen molar-refractivity contribution in [1.82, 2.24) is 0 Å². The van der Waals surface area contributed by atoms with Crippen LogP contribution in [-0.4, -0.2) is 5.54 Å². The van der Waals surface area contributed by atoms with E-state index in [0.717, 1.165) is 17.7 Å². The average Bonchev–Trinajstić information content (AvgIpc) is 2.46. The van der Waals surface area contributed by atoms with Crippen LogP contribution >= 0.6 is 0 Å². The van der Waals surface area contributed by atoms with Crippen LogP contribution in [-0.2, 0) is 6.18 Å². The molecule has 0 aliphatic carbocycles. The SMILES string of the molecule is CC(C)(N)CC(Oc1ccc(C(F)(F)F)cc1)c1ccccc1. The Balaban J connectivity index is 2.21. The van der Waals surface area contributed by atoms with Gasteiger partial charge in [0.1, 0.15) is 11.9 Å². The van der Waals surface area contributed by atoms with Gasteiger partial charge in [0, 0.05) is 12.0 Å². The number of halogens is 3. The van der Waals surface area contributed by atoms with Gasteiger partial charge in [-0.2, -0.15) is 13.2 Å². The normalized spacial score (nSPS) is 13.7. The molecule has 2 aromatic carbocycles. The Kier molecular flexibility index (Phi) is 5.00. The second-order valence-corrected chi connectivity index (χ2v) is 6.23. The number of hydrogen-bond donors (Lipinski definition) is 1. The van der Waals surface area contributed by atoms with Gasteiger partial charge in [0.05, 0.1) is 5.56 Å². The number of ether oxygens (including phenoxy) is 1. The highest BCUT2D eigenvalue weighted by Gasteiger charge is 2.30. The second-order valence-electron chi connectivity index (χ2n) is 6.23. The van der Waals surface area contributed by atoms with Gasteiger partial charge in [0.2, 0.25) is 0 Å². The van der Waals surface area contributed by atoms with Gasteiger partial charge in [0.25, 0.3) is 0 Å². The summed E-state index contributed by atoms with van der Waals surface area (Å²) >= 11 is 0. The molecule has 0 aliphatic heterocycles. The third-order valence-corrected chi connectivity index (χ3v) is 3.34. The second kappa shape index (κ2) is 6.62. The molecule has 124 valence electrons. The molecule has 1 unspecified atom stereocenters. The van der Waals surface area contributed by atoms with Crippen molar-refractivity contribution < 1.29 is 17.9 Å². The maximum atomic E-state index is 12.6. The van der Waals surface area contributed by atoms with Crippen LogP contribution in [0.25, 0.3) is 0 Å². The summed E-state index contributed by atoms with van der Waals surface area (Å²) in [5.74, 6) is 0.385. The van der Waals surface area contributed by atoms with E-state index in [-0.39, 0.29) is 6.10 Å². The van der Waals surface area contributed by atoms with Crippen molar-refractivity contribution in [2.75, 3.05) is 0 Å². The van der Waals surface area contributed by atoms with Crippen LogP contribution in [0, 0.1) is 0 Å². The molecule has 2 N–H and O–H groups in total. The highest BCUT2D eigenvalue weighted by atomic mass is 19.4. The minimum atomic E-state index is -4.35. The zero-order valence-corrected chi connectivity index (χ0v) is 13.1. The molecule has 5 heteroatoms. The molecule has 0 bridgehead atoms. The summed E-state index contributed by atoms with van der Waals surface area (Å²) in [4.78, 5) is 0. The van der Waals surface area contributed by atoms with Crippen LogP contribution < -0.4 is 10.5 Å². The topological polar surface area (TPSA) is 35.2 Å². The summed E-state index contributed by atoms with van der Waals surface area (Å²) in [5.41, 5.74) is 5.86. The van der Waals surface area contributed by atoms with Gasteiger partial charge in [-0.15, -0.1) is 0 Å². The molecule has 0 fully saturated rings. The van der Waals surface area contributed by atoms with E-state index >= 15 is 0 Å². The van der Waals surface area contributed by atoms with Crippen LogP contribution in [0.4, 0.5) is 13.2 Å². The summed E-state index contributed by atoms with van der Waals surface area (Å²) < 4.78 is 43.7. The Hall–Kier alpha value is -2.01. The molecule has 0 spiro atoms. The maximum Gasteiger partial charge on any atom is 0.416 e. The molecule has 1 atom stereocenters. The minimum Gasteiger partial charge on any atom is -0.486 e. The van der Waals surface area contributed by atoms with Crippen LogP contribution in [0.2, 0.25) is 0 Å². The van der Waals surface area contributed by atoms with Crippen LogP contribution in [0.5, 0.6) is 5.75 Å². The minimum absolute atomic E-state index is 0.326. The monoisotopic (exact) mass is 323 g/mol. The Bertz CT molecular complexity index is 615. The molecule has 0 aromatic heterocycles. The Morgan fingerprint density at radius 3 is 2.00 bits per heavy atom. The van der Waals surface area contributed by atoms with E-state index in [1.165, 1.54) is 12.1 Å². The first-order valence-corrected chi connectivity index (χ1v) is 7.33. The first kappa shape index (κ1) is 17.3. The number of hydrogen-bond acceptors (Lipinski definition) is 2. The molecule has 0 saturated heterocycles. The first-order valence-electron chi connectivity index (χ1n) is 7.33. The van der Waals surface area contributed by atoms with Crippen LogP contribution in [0.15, 0.2) is 54.6 Å². The molecule has 23 heavy (non-hydrogen) atoms. The van der Waals surface area contributed by atoms with Gasteiger partial charge in [-0.3, -0.25) is 0 Å². The lowest BCUT2D eigenvalue weighted by molar-refractivity contribution is -0.137. The zero-order valence-electron chi connectivity index (χ0n) is 13.1. The third-order valence-electron chi connectivity index (χ3n) is 3.34. The van der Waals surface area contributed by atoms with Crippen molar-refractivity contribution in [3.05, 3.63) is 65.7 Å². The van der Waals surface area contributed by atoms with E-state index in [1.54, 1.807) is 0 Å². The average molecular weight is 323 g/mol. The number of alkyl halides is 3. The molecule has 2 nitrogen and oxygen atoms in total. The largest absolute Gasteiger partial charge is 0.486 e. The predicted molar refractivity (Wildman–Crippen MR) is 84.1 cm³/mol. The fourth-order valence-electron chi connectivity index (χ4n) is 2.26. The van der Waals surface area contributed by atoms with Crippen LogP contribution in [0.1, 0.15) is 37.5 Å². The van der Waals surface area contributed by atoms with E-state index in [2.05, 4.69) is 0 Å². The molecule has 0 saturated carbocycles. The van der Waals surface area contributed by atoms with Crippen molar-refractivity contribution in [2.24, 2.45) is 5.73 Å². The van der Waals surface area contributed by atoms with Crippen molar-refractivity contribution in [2.45, 2.75) is 38.1 Å². The fourth-order valence-corrected chi connectivity index (χ4v) is 2.26. The Labute approximate surface area is 134 Å². The van der Waals surface area contributed by atoms with Gasteiger partial charge >= 0.3 is 6.18 Å². The van der Waals surface area contributed by atoms with Gasteiger partial charge in [-0.05, 0) is 43.7 Å². The molecule has 2 aromatic rings. The molecule has 0 radical (unpaired) electrons. The standard InChI is InChI=1S/C18H20F3NO/c1-17(2,22)12-16(13-6-4-3-5-7-13)23-15-10-8-14(9-11-15)18(19,20)21/h3-11,16H,12,22H2,1-2H3. The number of benzene rings is 2. The van der Waals surface area contributed by atoms with E-state index in [9.17, 15) is 13.2 Å². The van der Waals surface area contributed by atoms with E-state index in [0.29, 0.717) is 12.2 Å². The van der Waals surface area contributed by atoms with E-state index in [4.69, 9.17) is 10.5 Å². The quantitative estimate of drug-likeness (QED) is 0.844. The van der Waals surface area contributed by atoms with Crippen molar-refractivity contribution in [3.8, 4) is 5.75 Å². The molecular formula is C18H20F3NO. The van der Waals surface area contributed by atoms with Gasteiger partial charge in [-0.1, -0.05) is 30.3 Å². The third kappa shape index (κ3) is 5.28. The lowest BCUT2D eigenvalue weighted by Gasteiger charge is -2.27. The summed E-state index contributed by atoms with van der Waals surface area (Å²) in [5, 5.41) is 0. The van der Waals surface area contributed by atoms with E-state index < -0.39 is 17.3 Å². The Morgan fingerprint density at radius 2 is 1.52 bits per heavy atom. The van der Waals surface area contributed by atoms with Crippen LogP contribution in [0.3, 0.4) is 0 Å². The summed E-state index contributed by atoms with van der Waals surface area (Å²) in [6, 6.07) is 14.2. The lowest BCUT2D eigenvalue weighted by atomic mass is 9.94. The first-order chi connectivity index (χ1) is 10.6. The molecule has 0 heterocycles. The lowest BCUT2D eigenvalue weighted by Crippen LogP contribution is -2.35. The predicted octanol–water partition coefficient (Wildman–Crippen LogP) is 4.95. The molecule has 0 aliphatic rings. The highest BCUT2D eigenvalue weighted by molar-refractivity contribution is 5.30. The zero-order chi connectivity index (χ0) is 17.1. The Morgan fingerprint density at radius 1 is 0.957 bits per heavy atom. The van der Waals surface area contributed by atoms with Crippen molar-refractivity contribution in [3.63, 3.8) is 0 Å². The smallest absolute Gasteiger partial charge is 0.416 e. The molecular weight excluding hydrogens is 303 g/mol. The number of rotatable bonds is 5. The maximum absolute atomic E-state index is 12.6. The summed E-state index contributed by atoms with van der Waals surface area (Å²) in [6.45, 7) is 3.78. The van der Waals surface area contributed by atoms with E-state index in [1.807, 2.05) is 44.2 Å². The van der Waals surface area contributed by atoms with Crippen molar-refractivity contribution in [1.29, 1.82) is 0 Å². The highest BCUT2D eigenvalue weighted by Crippen LogP contribution is 2.32. The van der Waals surface area contributed by atoms with Crippen molar-refractivity contribution >= 4 is 0 Å². The van der Waals surface area contributed by atoms with Gasteiger partial charge in [-0.25, -0.2) is 0 Å². The number of nitrogens with two attached hydrogens (primary N) is 1. The molecule has 2 rings (SSSR count). The summed E-state index contributed by atoms with van der Waals surface area (Å²) in [6.07, 6.45) is -4.14. The van der Waals surface area contributed by atoms with Gasteiger partial charge in [0.15, 0.2) is 0 Å². The van der Waals surface area contributed by atoms with Gasteiger partial charge < -0.3 is 10.5 Å². The molecule has 0 amide bonds. The fraction of sp³-hybridized carbons (Fsp3) is 0.333.